The number of hydrogen-bond acceptors (Lipinski definition) is 6. The molecule has 2 rings (SSSR count). The second kappa shape index (κ2) is 9.59. The van der Waals surface area contributed by atoms with Gasteiger partial charge in [-0.2, -0.15) is 0 Å². The Labute approximate surface area is 180 Å². The van der Waals surface area contributed by atoms with Crippen molar-refractivity contribution in [3.63, 3.8) is 0 Å². The molecule has 158 valence electrons. The Bertz CT molecular complexity index is 876. The summed E-state index contributed by atoms with van der Waals surface area (Å²) >= 11 is 7.35. The minimum Gasteiger partial charge on any atom is -0.496 e. The Morgan fingerprint density at radius 2 is 2.00 bits per heavy atom. The molecule has 0 aliphatic carbocycles. The van der Waals surface area contributed by atoms with Crippen molar-refractivity contribution in [3.8, 4) is 5.75 Å². The maximum Gasteiger partial charge on any atom is 0.416 e. The van der Waals surface area contributed by atoms with Crippen LogP contribution in [0.3, 0.4) is 0 Å². The molecule has 1 amide bonds. The molecule has 6 nitrogen and oxygen atoms in total. The fourth-order valence-electron chi connectivity index (χ4n) is 2.62. The number of Topliss-reactive ketones (excluding diaryl/α,β-unsaturated/α-hetero) is 1. The SMILES string of the molecule is CCC(C)N(C(=O)OC(C)(C)C)c1csc(CC(=O)c2cc(Cl)ccc2OC)n1. The van der Waals surface area contributed by atoms with Crippen LogP contribution < -0.4 is 9.64 Å². The van der Waals surface area contributed by atoms with Crippen LogP contribution in [-0.4, -0.2) is 35.6 Å². The number of carbonyl (C=O) groups excluding carboxylic acids is 2. The number of anilines is 1. The van der Waals surface area contributed by atoms with E-state index in [1.165, 1.54) is 23.3 Å². The molecular weight excluding hydrogens is 412 g/mol. The molecule has 1 atom stereocenters. The third-order valence-electron chi connectivity index (χ3n) is 4.18. The van der Waals surface area contributed by atoms with Crippen molar-refractivity contribution in [3.05, 3.63) is 39.2 Å². The molecular formula is C21H27ClN2O4S. The number of methoxy groups -OCH3 is 1. The van der Waals surface area contributed by atoms with Crippen molar-refractivity contribution in [1.29, 1.82) is 0 Å². The molecule has 2 aromatic rings. The lowest BCUT2D eigenvalue weighted by molar-refractivity contribution is 0.0566. The number of rotatable bonds is 7. The fourth-order valence-corrected chi connectivity index (χ4v) is 3.56. The zero-order valence-corrected chi connectivity index (χ0v) is 19.2. The molecule has 0 radical (unpaired) electrons. The lowest BCUT2D eigenvalue weighted by atomic mass is 10.1. The van der Waals surface area contributed by atoms with Crippen molar-refractivity contribution in [2.24, 2.45) is 0 Å². The van der Waals surface area contributed by atoms with Gasteiger partial charge in [-0.15, -0.1) is 11.3 Å². The number of amides is 1. The first-order chi connectivity index (χ1) is 13.6. The highest BCUT2D eigenvalue weighted by molar-refractivity contribution is 7.10. The van der Waals surface area contributed by atoms with Crippen LogP contribution in [0, 0.1) is 0 Å². The van der Waals surface area contributed by atoms with Crippen molar-refractivity contribution < 1.29 is 19.1 Å². The topological polar surface area (TPSA) is 68.7 Å². The van der Waals surface area contributed by atoms with Crippen LogP contribution in [0.1, 0.15) is 56.4 Å². The van der Waals surface area contributed by atoms with Crippen LogP contribution in [0.4, 0.5) is 10.6 Å². The van der Waals surface area contributed by atoms with Crippen molar-refractivity contribution in [1.82, 2.24) is 4.98 Å². The molecule has 0 N–H and O–H groups in total. The van der Waals surface area contributed by atoms with Crippen LogP contribution >= 0.6 is 22.9 Å². The molecule has 29 heavy (non-hydrogen) atoms. The number of benzene rings is 1. The Morgan fingerprint density at radius 1 is 1.31 bits per heavy atom. The van der Waals surface area contributed by atoms with Crippen molar-refractivity contribution in [2.75, 3.05) is 12.0 Å². The van der Waals surface area contributed by atoms with E-state index in [0.29, 0.717) is 27.2 Å². The predicted octanol–water partition coefficient (Wildman–Crippen LogP) is 5.77. The first-order valence-electron chi connectivity index (χ1n) is 9.39. The molecule has 0 aliphatic heterocycles. The number of carbonyl (C=O) groups is 2. The average Bonchev–Trinajstić information content (AvgIpc) is 3.07. The zero-order chi connectivity index (χ0) is 21.8. The lowest BCUT2D eigenvalue weighted by Gasteiger charge is -2.29. The summed E-state index contributed by atoms with van der Waals surface area (Å²) in [7, 11) is 1.51. The Hall–Kier alpha value is -2.12. The summed E-state index contributed by atoms with van der Waals surface area (Å²) in [5.74, 6) is 0.795. The summed E-state index contributed by atoms with van der Waals surface area (Å²) in [4.78, 5) is 31.5. The number of halogens is 1. The largest absolute Gasteiger partial charge is 0.496 e. The summed E-state index contributed by atoms with van der Waals surface area (Å²) in [5, 5.41) is 2.83. The number of ether oxygens (including phenoxy) is 2. The van der Waals surface area contributed by atoms with E-state index in [1.54, 1.807) is 23.6 Å². The van der Waals surface area contributed by atoms with E-state index in [0.717, 1.165) is 6.42 Å². The maximum absolute atomic E-state index is 12.8. The van der Waals surface area contributed by atoms with Gasteiger partial charge < -0.3 is 9.47 Å². The second-order valence-electron chi connectivity index (χ2n) is 7.65. The highest BCUT2D eigenvalue weighted by Crippen LogP contribution is 2.27. The van der Waals surface area contributed by atoms with Crippen LogP contribution in [0.25, 0.3) is 0 Å². The van der Waals surface area contributed by atoms with Gasteiger partial charge in [0.25, 0.3) is 0 Å². The highest BCUT2D eigenvalue weighted by Gasteiger charge is 2.28. The van der Waals surface area contributed by atoms with Crippen molar-refractivity contribution in [2.45, 2.75) is 59.1 Å². The van der Waals surface area contributed by atoms with Crippen molar-refractivity contribution >= 4 is 40.6 Å². The van der Waals surface area contributed by atoms with Gasteiger partial charge in [0.05, 0.1) is 19.1 Å². The standard InChI is InChI=1S/C21H27ClN2O4S/c1-7-13(2)24(20(26)28-21(3,4)5)18-12-29-19(23-18)11-16(25)15-10-14(22)8-9-17(15)27-6/h8-10,12-13H,7,11H2,1-6H3. The van der Waals surface area contributed by atoms with Gasteiger partial charge in [0.2, 0.25) is 0 Å². The van der Waals surface area contributed by atoms with Gasteiger partial charge in [-0.05, 0) is 52.3 Å². The van der Waals surface area contributed by atoms with E-state index in [-0.39, 0.29) is 18.2 Å². The molecule has 1 aromatic carbocycles. The molecule has 8 heteroatoms. The monoisotopic (exact) mass is 438 g/mol. The third kappa shape index (κ3) is 6.18. The summed E-state index contributed by atoms with van der Waals surface area (Å²) in [6, 6.07) is 4.83. The Balaban J connectivity index is 2.24. The first kappa shape index (κ1) is 23.2. The third-order valence-corrected chi connectivity index (χ3v) is 5.25. The Morgan fingerprint density at radius 3 is 2.59 bits per heavy atom. The molecule has 0 bridgehead atoms. The maximum atomic E-state index is 12.8. The van der Waals surface area contributed by atoms with Crippen LogP contribution in [-0.2, 0) is 11.2 Å². The second-order valence-corrected chi connectivity index (χ2v) is 9.03. The van der Waals surface area contributed by atoms with Gasteiger partial charge in [-0.25, -0.2) is 9.78 Å². The normalized spacial score (nSPS) is 12.4. The van der Waals surface area contributed by atoms with Gasteiger partial charge in [-0.1, -0.05) is 18.5 Å². The van der Waals surface area contributed by atoms with Gasteiger partial charge in [0, 0.05) is 16.4 Å². The van der Waals surface area contributed by atoms with Gasteiger partial charge >= 0.3 is 6.09 Å². The van der Waals surface area contributed by atoms with E-state index >= 15 is 0 Å². The molecule has 1 heterocycles. The van der Waals surface area contributed by atoms with E-state index in [2.05, 4.69) is 4.98 Å². The smallest absolute Gasteiger partial charge is 0.416 e. The fraction of sp³-hybridized carbons (Fsp3) is 0.476. The molecule has 0 spiro atoms. The number of aromatic nitrogens is 1. The zero-order valence-electron chi connectivity index (χ0n) is 17.6. The Kier molecular flexibility index (Phi) is 7.66. The van der Waals surface area contributed by atoms with E-state index in [9.17, 15) is 9.59 Å². The molecule has 0 saturated carbocycles. The van der Waals surface area contributed by atoms with Gasteiger partial charge in [0.15, 0.2) is 5.78 Å². The summed E-state index contributed by atoms with van der Waals surface area (Å²) in [5.41, 5.74) is -0.205. The minimum atomic E-state index is -0.610. The number of hydrogen-bond donors (Lipinski definition) is 0. The van der Waals surface area contributed by atoms with Crippen LogP contribution in [0.2, 0.25) is 5.02 Å². The number of thiazole rings is 1. The first-order valence-corrected chi connectivity index (χ1v) is 10.6. The molecule has 0 fully saturated rings. The lowest BCUT2D eigenvalue weighted by Crippen LogP contribution is -2.42. The number of ketones is 1. The van der Waals surface area contributed by atoms with E-state index in [1.807, 2.05) is 34.6 Å². The highest BCUT2D eigenvalue weighted by atomic mass is 35.5. The number of nitrogens with zero attached hydrogens (tertiary/aromatic N) is 2. The molecule has 0 saturated heterocycles. The predicted molar refractivity (Wildman–Crippen MR) is 117 cm³/mol. The van der Waals surface area contributed by atoms with Crippen LogP contribution in [0.15, 0.2) is 23.6 Å². The molecule has 1 aromatic heterocycles. The average molecular weight is 439 g/mol. The summed E-state index contributed by atoms with van der Waals surface area (Å²) < 4.78 is 10.8. The van der Waals surface area contributed by atoms with Gasteiger partial charge in [0.1, 0.15) is 22.2 Å². The summed E-state index contributed by atoms with van der Waals surface area (Å²) in [6.07, 6.45) is 0.376. The quantitative estimate of drug-likeness (QED) is 0.513. The van der Waals surface area contributed by atoms with E-state index < -0.39 is 11.7 Å². The molecule has 1 unspecified atom stereocenters. The summed E-state index contributed by atoms with van der Waals surface area (Å²) in [6.45, 7) is 9.39. The van der Waals surface area contributed by atoms with E-state index in [4.69, 9.17) is 21.1 Å². The molecule has 0 aliphatic rings. The minimum absolute atomic E-state index is 0.0873. The van der Waals surface area contributed by atoms with Crippen LogP contribution in [0.5, 0.6) is 5.75 Å². The van der Waals surface area contributed by atoms with Gasteiger partial charge in [-0.3, -0.25) is 9.69 Å².